The zero-order chi connectivity index (χ0) is 17.4. The lowest BCUT2D eigenvalue weighted by Gasteiger charge is -2.34. The third kappa shape index (κ3) is 3.10. The van der Waals surface area contributed by atoms with Crippen molar-refractivity contribution in [1.82, 2.24) is 19.5 Å². The van der Waals surface area contributed by atoms with Crippen molar-refractivity contribution in [3.05, 3.63) is 41.5 Å². The summed E-state index contributed by atoms with van der Waals surface area (Å²) in [4.78, 5) is 6.76. The number of piperazine rings is 1. The summed E-state index contributed by atoms with van der Waals surface area (Å²) in [6, 6.07) is 8.87. The van der Waals surface area contributed by atoms with Crippen molar-refractivity contribution in [2.24, 2.45) is 0 Å². The largest absolute Gasteiger partial charge is 0.352 e. The minimum Gasteiger partial charge on any atom is -0.352 e. The quantitative estimate of drug-likeness (QED) is 0.696. The van der Waals surface area contributed by atoms with Gasteiger partial charge in [0, 0.05) is 32.4 Å². The van der Waals surface area contributed by atoms with E-state index in [-0.39, 0.29) is 0 Å². The van der Waals surface area contributed by atoms with Crippen molar-refractivity contribution >= 4 is 37.4 Å². The molecule has 0 saturated carbocycles. The first-order valence-corrected chi connectivity index (χ1v) is 10.2. The van der Waals surface area contributed by atoms with Gasteiger partial charge in [-0.2, -0.15) is 9.40 Å². The van der Waals surface area contributed by atoms with Gasteiger partial charge in [-0.25, -0.2) is 13.4 Å². The van der Waals surface area contributed by atoms with Gasteiger partial charge >= 0.3 is 0 Å². The molecule has 130 valence electrons. The van der Waals surface area contributed by atoms with Crippen molar-refractivity contribution < 1.29 is 8.42 Å². The van der Waals surface area contributed by atoms with E-state index < -0.39 is 10.0 Å². The molecule has 3 heterocycles. The van der Waals surface area contributed by atoms with E-state index in [1.165, 1.54) is 15.6 Å². The van der Waals surface area contributed by atoms with Crippen LogP contribution in [0.25, 0.3) is 10.2 Å². The van der Waals surface area contributed by atoms with E-state index in [4.69, 9.17) is 0 Å². The molecule has 1 aliphatic heterocycles. The smallest absolute Gasteiger partial charge is 0.243 e. The number of anilines is 1. The number of aryl methyl sites for hydroxylation is 1. The first-order valence-electron chi connectivity index (χ1n) is 7.94. The van der Waals surface area contributed by atoms with E-state index in [0.29, 0.717) is 31.1 Å². The minimum absolute atomic E-state index is 0.330. The molecule has 1 fully saturated rings. The average Bonchev–Trinajstić information content (AvgIpc) is 3.02. The number of thiazole rings is 1. The Labute approximate surface area is 150 Å². The molecule has 0 unspecified atom stereocenters. The summed E-state index contributed by atoms with van der Waals surface area (Å²) < 4.78 is 28.3. The summed E-state index contributed by atoms with van der Waals surface area (Å²) in [5, 5.41) is 8.90. The molecule has 0 radical (unpaired) electrons. The molecule has 0 amide bonds. The molecule has 0 atom stereocenters. The maximum absolute atomic E-state index is 12.9. The van der Waals surface area contributed by atoms with E-state index in [1.54, 1.807) is 24.4 Å². The molecule has 4 rings (SSSR count). The second kappa shape index (κ2) is 6.32. The maximum atomic E-state index is 12.9. The van der Waals surface area contributed by atoms with Crippen LogP contribution >= 0.6 is 11.3 Å². The Balaban J connectivity index is 1.54. The third-order valence-electron chi connectivity index (χ3n) is 4.23. The second-order valence-corrected chi connectivity index (χ2v) is 9.01. The van der Waals surface area contributed by atoms with Crippen molar-refractivity contribution in [2.75, 3.05) is 31.1 Å². The molecule has 3 aromatic rings. The van der Waals surface area contributed by atoms with Crippen molar-refractivity contribution in [3.63, 3.8) is 0 Å². The van der Waals surface area contributed by atoms with Gasteiger partial charge in [0.1, 0.15) is 0 Å². The zero-order valence-corrected chi connectivity index (χ0v) is 15.3. The lowest BCUT2D eigenvalue weighted by Crippen LogP contribution is -2.48. The number of aromatic nitrogens is 3. The number of benzene rings is 1. The van der Waals surface area contributed by atoms with Gasteiger partial charge in [0.2, 0.25) is 10.0 Å². The van der Waals surface area contributed by atoms with Crippen molar-refractivity contribution in [3.8, 4) is 0 Å². The molecule has 9 heteroatoms. The van der Waals surface area contributed by atoms with Gasteiger partial charge in [0.25, 0.3) is 0 Å². The van der Waals surface area contributed by atoms with Crippen LogP contribution in [0.5, 0.6) is 0 Å². The van der Waals surface area contributed by atoms with Crippen molar-refractivity contribution in [2.45, 2.75) is 11.8 Å². The minimum atomic E-state index is -3.50. The van der Waals surface area contributed by atoms with E-state index >= 15 is 0 Å². The SMILES string of the molecule is Cc1nc2ccc(S(=O)(=O)N3CCN(c4cccnn4)CC3)cc2s1. The Morgan fingerprint density at radius 2 is 1.92 bits per heavy atom. The van der Waals surface area contributed by atoms with E-state index in [2.05, 4.69) is 20.1 Å². The molecule has 1 saturated heterocycles. The molecule has 2 aromatic heterocycles. The lowest BCUT2D eigenvalue weighted by atomic mass is 10.3. The fraction of sp³-hybridized carbons (Fsp3) is 0.312. The van der Waals surface area contributed by atoms with Crippen LogP contribution in [0.4, 0.5) is 5.82 Å². The van der Waals surface area contributed by atoms with Crippen molar-refractivity contribution in [1.29, 1.82) is 0 Å². The number of nitrogens with zero attached hydrogens (tertiary/aromatic N) is 5. The van der Waals surface area contributed by atoms with Gasteiger partial charge in [0.05, 0.1) is 20.1 Å². The highest BCUT2D eigenvalue weighted by Gasteiger charge is 2.29. The Kier molecular flexibility index (Phi) is 4.14. The van der Waals surface area contributed by atoms with Gasteiger partial charge in [-0.15, -0.1) is 16.4 Å². The molecule has 1 aliphatic rings. The zero-order valence-electron chi connectivity index (χ0n) is 13.7. The van der Waals surface area contributed by atoms with Gasteiger partial charge in [0.15, 0.2) is 5.82 Å². The Bertz CT molecular complexity index is 996. The number of sulfonamides is 1. The standard InChI is InChI=1S/C16H17N5O2S2/c1-12-18-14-5-4-13(11-15(14)24-12)25(22,23)21-9-7-20(8-10-21)16-3-2-6-17-19-16/h2-6,11H,7-10H2,1H3. The molecule has 0 aliphatic carbocycles. The lowest BCUT2D eigenvalue weighted by molar-refractivity contribution is 0.383. The van der Waals surface area contributed by atoms with Gasteiger partial charge in [-0.05, 0) is 37.3 Å². The fourth-order valence-corrected chi connectivity index (χ4v) is 5.34. The predicted octanol–water partition coefficient (Wildman–Crippen LogP) is 1.91. The summed E-state index contributed by atoms with van der Waals surface area (Å²) in [5.41, 5.74) is 0.842. The number of rotatable bonds is 3. The summed E-state index contributed by atoms with van der Waals surface area (Å²) in [6.45, 7) is 3.97. The Hall–Kier alpha value is -2.10. The predicted molar refractivity (Wildman–Crippen MR) is 97.4 cm³/mol. The Morgan fingerprint density at radius 1 is 1.12 bits per heavy atom. The van der Waals surface area contributed by atoms with Crippen LogP contribution in [0.3, 0.4) is 0 Å². The molecule has 7 nitrogen and oxygen atoms in total. The molecule has 1 aromatic carbocycles. The van der Waals surface area contributed by atoms with Crippen LogP contribution in [0.15, 0.2) is 41.4 Å². The number of hydrogen-bond acceptors (Lipinski definition) is 7. The number of hydrogen-bond donors (Lipinski definition) is 0. The average molecular weight is 375 g/mol. The van der Waals surface area contributed by atoms with Crippen LogP contribution in [-0.4, -0.2) is 54.1 Å². The monoisotopic (exact) mass is 375 g/mol. The van der Waals surface area contributed by atoms with E-state index in [9.17, 15) is 8.42 Å². The molecule has 0 spiro atoms. The highest BCUT2D eigenvalue weighted by Crippen LogP contribution is 2.27. The van der Waals surface area contributed by atoms with Crippen LogP contribution < -0.4 is 4.90 Å². The van der Waals surface area contributed by atoms with Crippen LogP contribution in [0.2, 0.25) is 0 Å². The molecule has 25 heavy (non-hydrogen) atoms. The summed E-state index contributed by atoms with van der Waals surface area (Å²) in [5.74, 6) is 0.779. The summed E-state index contributed by atoms with van der Waals surface area (Å²) in [6.07, 6.45) is 1.63. The van der Waals surface area contributed by atoms with Gasteiger partial charge in [-0.3, -0.25) is 0 Å². The highest BCUT2D eigenvalue weighted by molar-refractivity contribution is 7.89. The third-order valence-corrected chi connectivity index (χ3v) is 7.05. The Morgan fingerprint density at radius 3 is 2.64 bits per heavy atom. The molecular formula is C16H17N5O2S2. The first-order chi connectivity index (χ1) is 12.0. The second-order valence-electron chi connectivity index (χ2n) is 5.84. The fourth-order valence-electron chi connectivity index (χ4n) is 2.95. The summed E-state index contributed by atoms with van der Waals surface area (Å²) in [7, 11) is -3.50. The summed E-state index contributed by atoms with van der Waals surface area (Å²) >= 11 is 1.51. The molecular weight excluding hydrogens is 358 g/mol. The van der Waals surface area contributed by atoms with Gasteiger partial charge in [-0.1, -0.05) is 0 Å². The van der Waals surface area contributed by atoms with Crippen LogP contribution in [0, 0.1) is 6.92 Å². The number of fused-ring (bicyclic) bond motifs is 1. The van der Waals surface area contributed by atoms with Gasteiger partial charge < -0.3 is 4.90 Å². The topological polar surface area (TPSA) is 79.3 Å². The highest BCUT2D eigenvalue weighted by atomic mass is 32.2. The molecule has 0 N–H and O–H groups in total. The van der Waals surface area contributed by atoms with Crippen LogP contribution in [0.1, 0.15) is 5.01 Å². The maximum Gasteiger partial charge on any atom is 0.243 e. The van der Waals surface area contributed by atoms with Crippen LogP contribution in [-0.2, 0) is 10.0 Å². The molecule has 0 bridgehead atoms. The normalized spacial score (nSPS) is 16.4. The van der Waals surface area contributed by atoms with E-state index in [1.807, 2.05) is 19.1 Å². The van der Waals surface area contributed by atoms with E-state index in [0.717, 1.165) is 21.0 Å². The first kappa shape index (κ1) is 16.4.